The van der Waals surface area contributed by atoms with Crippen LogP contribution in [0.2, 0.25) is 0 Å². The number of aromatic amines is 2. The lowest BCUT2D eigenvalue weighted by atomic mass is 10.1. The van der Waals surface area contributed by atoms with E-state index in [2.05, 4.69) is 9.97 Å². The molecule has 0 saturated carbocycles. The van der Waals surface area contributed by atoms with Crippen LogP contribution in [0.4, 0.5) is 0 Å². The van der Waals surface area contributed by atoms with Gasteiger partial charge in [0.2, 0.25) is 0 Å². The molecule has 2 aromatic rings. The maximum absolute atomic E-state index is 11.7. The minimum atomic E-state index is -0.535. The highest BCUT2D eigenvalue weighted by molar-refractivity contribution is 5.94. The largest absolute Gasteiger partial charge is 0.461 e. The molecule has 1 aromatic heterocycles. The Morgan fingerprint density at radius 3 is 2.78 bits per heavy atom. The Kier molecular flexibility index (Phi) is 3.32. The molecule has 94 valence electrons. The zero-order chi connectivity index (χ0) is 13.1. The second kappa shape index (κ2) is 4.91. The van der Waals surface area contributed by atoms with Crippen molar-refractivity contribution in [3.05, 3.63) is 46.0 Å². The maximum atomic E-state index is 11.7. The molecule has 0 aliphatic carbocycles. The van der Waals surface area contributed by atoms with Crippen molar-refractivity contribution in [1.82, 2.24) is 9.97 Å². The van der Waals surface area contributed by atoms with Crippen LogP contribution in [0.1, 0.15) is 23.0 Å². The number of aryl methyl sites for hydroxylation is 1. The zero-order valence-electron chi connectivity index (χ0n) is 10.2. The van der Waals surface area contributed by atoms with E-state index in [1.807, 2.05) is 31.2 Å². The summed E-state index contributed by atoms with van der Waals surface area (Å²) in [4.78, 5) is 28.2. The van der Waals surface area contributed by atoms with Gasteiger partial charge in [-0.3, -0.25) is 4.98 Å². The van der Waals surface area contributed by atoms with Crippen molar-refractivity contribution in [3.8, 4) is 11.3 Å². The summed E-state index contributed by atoms with van der Waals surface area (Å²) in [5.74, 6) is -0.535. The Bertz CT molecular complexity index is 625. The number of nitrogens with one attached hydrogen (secondary N) is 2. The number of hydrogen-bond acceptors (Lipinski definition) is 3. The number of aromatic nitrogens is 2. The summed E-state index contributed by atoms with van der Waals surface area (Å²) in [6.07, 6.45) is 0. The third-order valence-electron chi connectivity index (χ3n) is 2.51. The van der Waals surface area contributed by atoms with Gasteiger partial charge in [-0.25, -0.2) is 9.59 Å². The summed E-state index contributed by atoms with van der Waals surface area (Å²) in [6, 6.07) is 7.53. The number of esters is 1. The molecule has 0 bridgehead atoms. The molecule has 0 atom stereocenters. The Labute approximate surface area is 104 Å². The fraction of sp³-hybridized carbons (Fsp3) is 0.231. The fourth-order valence-electron chi connectivity index (χ4n) is 1.76. The van der Waals surface area contributed by atoms with E-state index < -0.39 is 11.7 Å². The van der Waals surface area contributed by atoms with Gasteiger partial charge in [-0.05, 0) is 19.9 Å². The van der Waals surface area contributed by atoms with E-state index in [9.17, 15) is 9.59 Å². The number of hydrogen-bond donors (Lipinski definition) is 2. The molecule has 0 aliphatic heterocycles. The molecule has 1 aromatic carbocycles. The fourth-order valence-corrected chi connectivity index (χ4v) is 1.76. The molecular formula is C13H14N2O3. The number of ether oxygens (including phenoxy) is 1. The van der Waals surface area contributed by atoms with E-state index in [1.54, 1.807) is 6.92 Å². The molecule has 1 heterocycles. The predicted molar refractivity (Wildman–Crippen MR) is 67.5 cm³/mol. The highest BCUT2D eigenvalue weighted by Gasteiger charge is 2.17. The van der Waals surface area contributed by atoms with E-state index in [0.29, 0.717) is 5.69 Å². The van der Waals surface area contributed by atoms with Crippen LogP contribution in [0.25, 0.3) is 11.3 Å². The molecule has 0 spiro atoms. The van der Waals surface area contributed by atoms with Crippen molar-refractivity contribution < 1.29 is 9.53 Å². The summed E-state index contributed by atoms with van der Waals surface area (Å²) >= 11 is 0. The highest BCUT2D eigenvalue weighted by atomic mass is 16.5. The normalized spacial score (nSPS) is 10.3. The summed E-state index contributed by atoms with van der Waals surface area (Å²) < 4.78 is 4.90. The van der Waals surface area contributed by atoms with Gasteiger partial charge < -0.3 is 9.72 Å². The van der Waals surface area contributed by atoms with Crippen molar-refractivity contribution in [3.63, 3.8) is 0 Å². The zero-order valence-corrected chi connectivity index (χ0v) is 10.2. The highest BCUT2D eigenvalue weighted by Crippen LogP contribution is 2.20. The SMILES string of the molecule is CCOC(=O)c1[nH]c(=O)[nH]c1-c1cccc(C)c1. The van der Waals surface area contributed by atoms with Crippen molar-refractivity contribution >= 4 is 5.97 Å². The number of imidazole rings is 1. The Balaban J connectivity index is 2.51. The summed E-state index contributed by atoms with van der Waals surface area (Å²) in [7, 11) is 0. The first kappa shape index (κ1) is 12.2. The topological polar surface area (TPSA) is 75.0 Å². The summed E-state index contributed by atoms with van der Waals surface area (Å²) in [5.41, 5.74) is 2.02. The lowest BCUT2D eigenvalue weighted by molar-refractivity contribution is 0.0521. The first-order chi connectivity index (χ1) is 8.61. The van der Waals surface area contributed by atoms with Crippen LogP contribution >= 0.6 is 0 Å². The minimum Gasteiger partial charge on any atom is -0.461 e. The molecule has 0 radical (unpaired) electrons. The first-order valence-electron chi connectivity index (χ1n) is 5.68. The van der Waals surface area contributed by atoms with Gasteiger partial charge in [-0.1, -0.05) is 23.8 Å². The van der Waals surface area contributed by atoms with Gasteiger partial charge in [-0.15, -0.1) is 0 Å². The number of benzene rings is 1. The van der Waals surface area contributed by atoms with Gasteiger partial charge in [-0.2, -0.15) is 0 Å². The van der Waals surface area contributed by atoms with Crippen LogP contribution in [-0.4, -0.2) is 22.5 Å². The summed E-state index contributed by atoms with van der Waals surface area (Å²) in [5, 5.41) is 0. The van der Waals surface area contributed by atoms with Crippen molar-refractivity contribution in [2.24, 2.45) is 0 Å². The van der Waals surface area contributed by atoms with Crippen LogP contribution < -0.4 is 5.69 Å². The van der Waals surface area contributed by atoms with Gasteiger partial charge in [0, 0.05) is 5.56 Å². The number of rotatable bonds is 3. The molecule has 2 rings (SSSR count). The van der Waals surface area contributed by atoms with Crippen LogP contribution in [0.3, 0.4) is 0 Å². The van der Waals surface area contributed by atoms with Gasteiger partial charge in [0.05, 0.1) is 12.3 Å². The third-order valence-corrected chi connectivity index (χ3v) is 2.51. The van der Waals surface area contributed by atoms with E-state index in [-0.39, 0.29) is 12.3 Å². The predicted octanol–water partition coefficient (Wildman–Crippen LogP) is 1.86. The second-order valence-corrected chi connectivity index (χ2v) is 3.92. The quantitative estimate of drug-likeness (QED) is 0.811. The van der Waals surface area contributed by atoms with Crippen LogP contribution in [0.15, 0.2) is 29.1 Å². The van der Waals surface area contributed by atoms with Crippen molar-refractivity contribution in [2.75, 3.05) is 6.61 Å². The van der Waals surface area contributed by atoms with Gasteiger partial charge >= 0.3 is 11.7 Å². The maximum Gasteiger partial charge on any atom is 0.357 e. The van der Waals surface area contributed by atoms with Crippen LogP contribution in [-0.2, 0) is 4.74 Å². The van der Waals surface area contributed by atoms with Gasteiger partial charge in [0.25, 0.3) is 0 Å². The lowest BCUT2D eigenvalue weighted by Crippen LogP contribution is -2.08. The van der Waals surface area contributed by atoms with Crippen molar-refractivity contribution in [1.29, 1.82) is 0 Å². The molecule has 2 N–H and O–H groups in total. The van der Waals surface area contributed by atoms with Crippen molar-refractivity contribution in [2.45, 2.75) is 13.8 Å². The molecule has 5 nitrogen and oxygen atoms in total. The lowest BCUT2D eigenvalue weighted by Gasteiger charge is -2.04. The van der Waals surface area contributed by atoms with Crippen LogP contribution in [0.5, 0.6) is 0 Å². The first-order valence-corrected chi connectivity index (χ1v) is 5.68. The average molecular weight is 246 g/mol. The smallest absolute Gasteiger partial charge is 0.357 e. The Morgan fingerprint density at radius 2 is 2.11 bits per heavy atom. The molecule has 0 fully saturated rings. The van der Waals surface area contributed by atoms with E-state index in [4.69, 9.17) is 4.74 Å². The third kappa shape index (κ3) is 2.34. The standard InChI is InChI=1S/C13H14N2O3/c1-3-18-12(16)11-10(14-13(17)15-11)9-6-4-5-8(2)7-9/h4-7H,3H2,1-2H3,(H2,14,15,17). The second-order valence-electron chi connectivity index (χ2n) is 3.92. The summed E-state index contributed by atoms with van der Waals surface area (Å²) in [6.45, 7) is 3.92. The molecule has 5 heteroatoms. The average Bonchev–Trinajstić information content (AvgIpc) is 2.72. The number of carbonyl (C=O) groups excluding carboxylic acids is 1. The minimum absolute atomic E-state index is 0.160. The number of carbonyl (C=O) groups is 1. The molecule has 0 amide bonds. The molecule has 0 aliphatic rings. The molecule has 0 unspecified atom stereocenters. The Hall–Kier alpha value is -2.30. The van der Waals surface area contributed by atoms with E-state index >= 15 is 0 Å². The Morgan fingerprint density at radius 1 is 1.33 bits per heavy atom. The van der Waals surface area contributed by atoms with Gasteiger partial charge in [0.15, 0.2) is 5.69 Å². The molecule has 18 heavy (non-hydrogen) atoms. The monoisotopic (exact) mass is 246 g/mol. The van der Waals surface area contributed by atoms with Crippen LogP contribution in [0, 0.1) is 6.92 Å². The van der Waals surface area contributed by atoms with Gasteiger partial charge in [0.1, 0.15) is 0 Å². The van der Waals surface area contributed by atoms with E-state index in [0.717, 1.165) is 11.1 Å². The molecular weight excluding hydrogens is 232 g/mol. The number of H-pyrrole nitrogens is 2. The molecule has 0 saturated heterocycles. The van der Waals surface area contributed by atoms with E-state index in [1.165, 1.54) is 0 Å².